The minimum atomic E-state index is -1.14. The van der Waals surface area contributed by atoms with Crippen LogP contribution >= 0.6 is 11.3 Å². The zero-order valence-electron chi connectivity index (χ0n) is 39.7. The number of aromatic nitrogens is 5. The summed E-state index contributed by atoms with van der Waals surface area (Å²) in [5.74, 6) is -0.932. The molecule has 0 spiro atoms. The Morgan fingerprint density at radius 3 is 2.52 bits per heavy atom. The number of thiazole rings is 1. The Morgan fingerprint density at radius 1 is 0.915 bits per heavy atom. The number of anilines is 3. The van der Waals surface area contributed by atoms with Crippen LogP contribution in [-0.4, -0.2) is 96.6 Å². The summed E-state index contributed by atoms with van der Waals surface area (Å²) in [6, 6.07) is 24.6. The molecule has 17 nitrogen and oxygen atoms in total. The van der Waals surface area contributed by atoms with E-state index < -0.39 is 11.9 Å². The van der Waals surface area contributed by atoms with E-state index in [4.69, 9.17) is 4.74 Å². The smallest absolute Gasteiger partial charge is 0.355 e. The Balaban J connectivity index is 0.704. The van der Waals surface area contributed by atoms with Crippen molar-refractivity contribution in [1.82, 2.24) is 34.9 Å². The molecule has 0 aliphatic carbocycles. The molecule has 71 heavy (non-hydrogen) atoms. The molecule has 0 radical (unpaired) electrons. The fraction of sp³-hybridized carbons (Fsp3) is 0.340. The van der Waals surface area contributed by atoms with Crippen molar-refractivity contribution in [1.29, 1.82) is 0 Å². The van der Waals surface area contributed by atoms with Crippen molar-refractivity contribution in [2.45, 2.75) is 77.4 Å². The molecule has 7 heterocycles. The number of aromatic carboxylic acids is 1. The lowest BCUT2D eigenvalue weighted by Crippen LogP contribution is -2.39. The number of nitrogens with zero attached hydrogens (tertiary/aromatic N) is 7. The number of hydrogen-bond acceptors (Lipinski definition) is 13. The van der Waals surface area contributed by atoms with Gasteiger partial charge in [0.25, 0.3) is 5.91 Å². The van der Waals surface area contributed by atoms with E-state index in [1.54, 1.807) is 24.0 Å². The van der Waals surface area contributed by atoms with Crippen LogP contribution in [0.4, 0.5) is 16.6 Å². The number of carboxylic acids is 1. The van der Waals surface area contributed by atoms with Crippen molar-refractivity contribution in [3.63, 3.8) is 0 Å². The lowest BCUT2D eigenvalue weighted by Gasteiger charge is -2.32. The summed E-state index contributed by atoms with van der Waals surface area (Å²) in [4.78, 5) is 81.5. The molecule has 3 aliphatic rings. The number of para-hydroxylation sites is 1. The maximum Gasteiger partial charge on any atom is 0.355 e. The molecule has 7 aromatic rings. The number of pyridine rings is 2. The van der Waals surface area contributed by atoms with E-state index in [2.05, 4.69) is 47.8 Å². The van der Waals surface area contributed by atoms with Crippen LogP contribution in [-0.2, 0) is 34.4 Å². The molecule has 2 saturated heterocycles. The number of benzene rings is 3. The summed E-state index contributed by atoms with van der Waals surface area (Å²) in [6.07, 6.45) is 6.78. The summed E-state index contributed by atoms with van der Waals surface area (Å²) in [7, 11) is 1.81. The lowest BCUT2D eigenvalue weighted by atomic mass is 9.91. The number of imide groups is 1. The highest BCUT2D eigenvalue weighted by Crippen LogP contribution is 2.35. The minimum absolute atomic E-state index is 0.0413. The van der Waals surface area contributed by atoms with Gasteiger partial charge in [-0.25, -0.2) is 14.8 Å². The van der Waals surface area contributed by atoms with E-state index in [0.717, 1.165) is 82.1 Å². The van der Waals surface area contributed by atoms with Gasteiger partial charge >= 0.3 is 5.97 Å². The molecule has 0 unspecified atom stereocenters. The van der Waals surface area contributed by atoms with Gasteiger partial charge in [-0.05, 0) is 149 Å². The van der Waals surface area contributed by atoms with E-state index >= 15 is 0 Å². The molecular formula is C53H54N10O7S. The predicted octanol–water partition coefficient (Wildman–Crippen LogP) is 7.88. The van der Waals surface area contributed by atoms with Crippen LogP contribution in [0.15, 0.2) is 85.1 Å². The van der Waals surface area contributed by atoms with Gasteiger partial charge in [-0.1, -0.05) is 29.5 Å². The van der Waals surface area contributed by atoms with Gasteiger partial charge in [-0.15, -0.1) is 0 Å². The van der Waals surface area contributed by atoms with Gasteiger partial charge < -0.3 is 20.1 Å². The van der Waals surface area contributed by atoms with Crippen molar-refractivity contribution >= 4 is 78.7 Å². The number of carbonyl (C=O) groups excluding carboxylic acids is 4. The van der Waals surface area contributed by atoms with E-state index in [1.165, 1.54) is 11.3 Å². The highest BCUT2D eigenvalue weighted by Gasteiger charge is 2.32. The quantitative estimate of drug-likeness (QED) is 0.0765. The third-order valence-corrected chi connectivity index (χ3v) is 14.9. The summed E-state index contributed by atoms with van der Waals surface area (Å²) < 4.78 is 9.06. The molecule has 2 atom stereocenters. The molecule has 364 valence electrons. The van der Waals surface area contributed by atoms with E-state index in [0.29, 0.717) is 77.7 Å². The number of carboxylic acid groups (broad SMARTS) is 1. The van der Waals surface area contributed by atoms with E-state index in [9.17, 15) is 29.1 Å². The lowest BCUT2D eigenvalue weighted by molar-refractivity contribution is -0.134. The molecule has 3 aliphatic heterocycles. The molecular weight excluding hydrogens is 921 g/mol. The first-order chi connectivity index (χ1) is 34.3. The SMILES string of the molecule is Cc1cc(O[C@H](C)CCC2CCN(CC(=O)Nc3ccc4c([C@H]5CCC(=O)NC5=O)nn(C)c4c3)CC2)ccc1-c1ccc(N2CCc3ccnc(C(=O)Nc4nc5ccccc5s4)c3C2)nc1C(=O)O. The topological polar surface area (TPSA) is 214 Å². The third kappa shape index (κ3) is 10.2. The number of carbonyl (C=O) groups is 5. The molecule has 18 heteroatoms. The maximum atomic E-state index is 13.6. The third-order valence-electron chi connectivity index (χ3n) is 13.9. The number of piperidine rings is 2. The van der Waals surface area contributed by atoms with Gasteiger partial charge in [0.2, 0.25) is 17.7 Å². The second kappa shape index (κ2) is 20.0. The second-order valence-corrected chi connectivity index (χ2v) is 19.8. The molecule has 4 amide bonds. The van der Waals surface area contributed by atoms with E-state index in [1.807, 2.05) is 84.6 Å². The zero-order valence-corrected chi connectivity index (χ0v) is 40.6. The number of amides is 4. The largest absolute Gasteiger partial charge is 0.491 e. The van der Waals surface area contributed by atoms with Crippen molar-refractivity contribution < 1.29 is 33.8 Å². The monoisotopic (exact) mass is 974 g/mol. The van der Waals surface area contributed by atoms with Crippen LogP contribution in [0.3, 0.4) is 0 Å². The Labute approximate surface area is 413 Å². The Kier molecular flexibility index (Phi) is 13.3. The fourth-order valence-electron chi connectivity index (χ4n) is 10.1. The number of rotatable bonds is 14. The number of hydrogen-bond donors (Lipinski definition) is 4. The van der Waals surface area contributed by atoms with Crippen molar-refractivity contribution in [3.05, 3.63) is 119 Å². The van der Waals surface area contributed by atoms with Crippen LogP contribution in [0.25, 0.3) is 32.2 Å². The van der Waals surface area contributed by atoms with Crippen LogP contribution in [0, 0.1) is 12.8 Å². The Bertz CT molecular complexity index is 3200. The number of nitrogens with one attached hydrogen (secondary N) is 3. The van der Waals surface area contributed by atoms with Gasteiger partial charge in [0.15, 0.2) is 10.8 Å². The normalized spacial score (nSPS) is 16.9. The number of ether oxygens (including phenoxy) is 1. The average Bonchev–Trinajstić information content (AvgIpc) is 3.92. The molecule has 4 aromatic heterocycles. The maximum absolute atomic E-state index is 13.6. The van der Waals surface area contributed by atoms with Crippen LogP contribution < -0.4 is 25.6 Å². The predicted molar refractivity (Wildman–Crippen MR) is 271 cm³/mol. The molecule has 0 bridgehead atoms. The van der Waals surface area contributed by atoms with Gasteiger partial charge in [-0.3, -0.25) is 44.4 Å². The van der Waals surface area contributed by atoms with Crippen LogP contribution in [0.2, 0.25) is 0 Å². The standard InChI is InChI=1S/C53H54N10O7S/c1-30-26-35(70-31(2)8-9-32-19-23-62(24-20-32)29-46(65)55-34-10-12-38-42(27-34)61(3)60-47(38)39-15-17-45(64)58-50(39)66)11-13-36(30)37-14-16-44(57-49(37)52(68)69)63-25-21-33-18-22-54-48(40(33)28-63)51(67)59-53-56-41-6-4-5-7-43(41)71-53/h4-7,10-14,16,18,22,26-27,31-32,39H,8-9,15,17,19-21,23-25,28-29H2,1-3H3,(H,55,65)(H,68,69)(H,56,59,67)(H,58,64,66)/t31-,39-/m1/s1. The van der Waals surface area contributed by atoms with E-state index in [-0.39, 0.29) is 41.8 Å². The second-order valence-electron chi connectivity index (χ2n) is 18.8. The molecule has 3 aromatic carbocycles. The average molecular weight is 975 g/mol. The molecule has 10 rings (SSSR count). The van der Waals surface area contributed by atoms with Gasteiger partial charge in [0.05, 0.1) is 40.0 Å². The highest BCUT2D eigenvalue weighted by molar-refractivity contribution is 7.22. The van der Waals surface area contributed by atoms with Crippen LogP contribution in [0.1, 0.15) is 94.7 Å². The fourth-order valence-corrected chi connectivity index (χ4v) is 11.0. The molecule has 2 fully saturated rings. The highest BCUT2D eigenvalue weighted by atomic mass is 32.1. The molecule has 0 saturated carbocycles. The summed E-state index contributed by atoms with van der Waals surface area (Å²) in [5, 5.41) is 24.7. The van der Waals surface area contributed by atoms with Gasteiger partial charge in [-0.2, -0.15) is 5.10 Å². The first-order valence-corrected chi connectivity index (χ1v) is 24.9. The zero-order chi connectivity index (χ0) is 49.3. The van der Waals surface area contributed by atoms with Gasteiger partial charge in [0.1, 0.15) is 17.3 Å². The van der Waals surface area contributed by atoms with Crippen LogP contribution in [0.5, 0.6) is 5.75 Å². The number of likely N-dealkylation sites (tertiary alicyclic amines) is 1. The van der Waals surface area contributed by atoms with Gasteiger partial charge in [0, 0.05) is 55.0 Å². The summed E-state index contributed by atoms with van der Waals surface area (Å²) in [5.41, 5.74) is 7.04. The summed E-state index contributed by atoms with van der Waals surface area (Å²) >= 11 is 1.40. The van der Waals surface area contributed by atoms with Crippen molar-refractivity contribution in [2.24, 2.45) is 13.0 Å². The number of fused-ring (bicyclic) bond motifs is 3. The first kappa shape index (κ1) is 47.1. The minimum Gasteiger partial charge on any atom is -0.491 e. The van der Waals surface area contributed by atoms with Crippen molar-refractivity contribution in [2.75, 3.05) is 41.7 Å². The first-order valence-electron chi connectivity index (χ1n) is 24.1. The summed E-state index contributed by atoms with van der Waals surface area (Å²) in [6.45, 7) is 6.89. The van der Waals surface area contributed by atoms with Crippen molar-refractivity contribution in [3.8, 4) is 16.9 Å². The number of aryl methyl sites for hydroxylation is 2. The Hall–Kier alpha value is -7.57. The Morgan fingerprint density at radius 2 is 1.73 bits per heavy atom. The molecule has 4 N–H and O–H groups in total.